The van der Waals surface area contributed by atoms with E-state index in [0.717, 1.165) is 56.1 Å². The van der Waals surface area contributed by atoms with Crippen molar-refractivity contribution >= 4 is 17.5 Å². The summed E-state index contributed by atoms with van der Waals surface area (Å²) in [4.78, 5) is 11.5. The third-order valence-electron chi connectivity index (χ3n) is 4.31. The van der Waals surface area contributed by atoms with Gasteiger partial charge in [-0.25, -0.2) is 4.98 Å². The summed E-state index contributed by atoms with van der Waals surface area (Å²) in [6.45, 7) is 2.68. The second kappa shape index (κ2) is 5.00. The Hall–Kier alpha value is -2.14. The Kier molecular flexibility index (Phi) is 3.00. The molecular formula is C16H19N5. The maximum absolute atomic E-state index is 6.16. The molecule has 0 spiro atoms. The van der Waals surface area contributed by atoms with E-state index in [1.54, 1.807) is 0 Å². The van der Waals surface area contributed by atoms with E-state index in [1.165, 1.54) is 11.3 Å². The van der Waals surface area contributed by atoms with Crippen molar-refractivity contribution in [2.24, 2.45) is 0 Å². The summed E-state index contributed by atoms with van der Waals surface area (Å²) < 4.78 is 0. The van der Waals surface area contributed by atoms with Gasteiger partial charge in [-0.15, -0.1) is 0 Å². The lowest BCUT2D eigenvalue weighted by Crippen LogP contribution is -2.30. The molecule has 0 radical (unpaired) electrons. The average Bonchev–Trinajstić information content (AvgIpc) is 2.54. The van der Waals surface area contributed by atoms with Gasteiger partial charge in [0.2, 0.25) is 5.95 Å². The number of benzene rings is 1. The second-order valence-electron chi connectivity index (χ2n) is 5.64. The number of rotatable bonds is 1. The maximum atomic E-state index is 6.16. The number of anilines is 3. The highest BCUT2D eigenvalue weighted by molar-refractivity contribution is 5.65. The summed E-state index contributed by atoms with van der Waals surface area (Å²) in [5.74, 6) is 1.38. The molecule has 0 fully saturated rings. The Morgan fingerprint density at radius 3 is 3.00 bits per heavy atom. The van der Waals surface area contributed by atoms with Crippen molar-refractivity contribution < 1.29 is 0 Å². The van der Waals surface area contributed by atoms with E-state index in [0.29, 0.717) is 5.82 Å². The van der Waals surface area contributed by atoms with Crippen molar-refractivity contribution in [3.8, 4) is 0 Å². The molecule has 0 atom stereocenters. The number of para-hydroxylation sites is 1. The van der Waals surface area contributed by atoms with Gasteiger partial charge in [0.05, 0.1) is 5.69 Å². The van der Waals surface area contributed by atoms with Crippen molar-refractivity contribution in [1.29, 1.82) is 0 Å². The SMILES string of the molecule is Nc1nc(N2CCCc3ccccc32)nc2c1CCNC2. The van der Waals surface area contributed by atoms with Crippen molar-refractivity contribution in [2.45, 2.75) is 25.8 Å². The van der Waals surface area contributed by atoms with Crippen molar-refractivity contribution in [1.82, 2.24) is 15.3 Å². The lowest BCUT2D eigenvalue weighted by atomic mass is 10.0. The van der Waals surface area contributed by atoms with Gasteiger partial charge < -0.3 is 16.0 Å². The van der Waals surface area contributed by atoms with E-state index >= 15 is 0 Å². The molecule has 0 aliphatic carbocycles. The number of fused-ring (bicyclic) bond motifs is 2. The molecule has 1 aromatic heterocycles. The molecular weight excluding hydrogens is 262 g/mol. The molecule has 3 N–H and O–H groups in total. The lowest BCUT2D eigenvalue weighted by molar-refractivity contribution is 0.622. The number of nitrogens with zero attached hydrogens (tertiary/aromatic N) is 3. The quantitative estimate of drug-likeness (QED) is 0.834. The van der Waals surface area contributed by atoms with Crippen molar-refractivity contribution in [3.05, 3.63) is 41.1 Å². The van der Waals surface area contributed by atoms with E-state index < -0.39 is 0 Å². The molecule has 0 saturated carbocycles. The van der Waals surface area contributed by atoms with Gasteiger partial charge in [-0.2, -0.15) is 4.98 Å². The second-order valence-corrected chi connectivity index (χ2v) is 5.64. The fourth-order valence-corrected chi connectivity index (χ4v) is 3.24. The fourth-order valence-electron chi connectivity index (χ4n) is 3.24. The predicted molar refractivity (Wildman–Crippen MR) is 83.6 cm³/mol. The first-order valence-corrected chi connectivity index (χ1v) is 7.54. The zero-order chi connectivity index (χ0) is 14.2. The topological polar surface area (TPSA) is 67.1 Å². The Morgan fingerprint density at radius 2 is 2.05 bits per heavy atom. The first-order chi connectivity index (χ1) is 10.3. The minimum atomic E-state index is 0.638. The molecule has 21 heavy (non-hydrogen) atoms. The molecule has 2 aliphatic rings. The predicted octanol–water partition coefficient (Wildman–Crippen LogP) is 1.79. The minimum Gasteiger partial charge on any atom is -0.383 e. The Bertz CT molecular complexity index is 682. The van der Waals surface area contributed by atoms with Gasteiger partial charge in [0.25, 0.3) is 0 Å². The third kappa shape index (κ3) is 2.14. The molecule has 5 nitrogen and oxygen atoms in total. The summed E-state index contributed by atoms with van der Waals surface area (Å²) in [6.07, 6.45) is 3.16. The zero-order valence-electron chi connectivity index (χ0n) is 12.0. The average molecular weight is 281 g/mol. The van der Waals surface area contributed by atoms with Crippen LogP contribution in [0, 0.1) is 0 Å². The van der Waals surface area contributed by atoms with E-state index in [2.05, 4.69) is 39.5 Å². The number of hydrogen-bond acceptors (Lipinski definition) is 5. The smallest absolute Gasteiger partial charge is 0.232 e. The van der Waals surface area contributed by atoms with Crippen LogP contribution in [-0.4, -0.2) is 23.1 Å². The van der Waals surface area contributed by atoms with Crippen LogP contribution in [0.4, 0.5) is 17.5 Å². The standard InChI is InChI=1S/C16H19N5/c17-15-12-7-8-18-10-13(12)19-16(20-15)21-9-3-5-11-4-1-2-6-14(11)21/h1-2,4,6,18H,3,5,7-10H2,(H2,17,19,20). The number of nitrogens with one attached hydrogen (secondary N) is 1. The van der Waals surface area contributed by atoms with Gasteiger partial charge in [0, 0.05) is 24.3 Å². The number of aryl methyl sites for hydroxylation is 1. The largest absolute Gasteiger partial charge is 0.383 e. The molecule has 0 saturated heterocycles. The monoisotopic (exact) mass is 281 g/mol. The molecule has 0 amide bonds. The van der Waals surface area contributed by atoms with Crippen LogP contribution in [0.25, 0.3) is 0 Å². The van der Waals surface area contributed by atoms with Crippen LogP contribution in [-0.2, 0) is 19.4 Å². The molecule has 4 rings (SSSR count). The number of hydrogen-bond donors (Lipinski definition) is 2. The molecule has 3 heterocycles. The fraction of sp³-hybridized carbons (Fsp3) is 0.375. The highest BCUT2D eigenvalue weighted by Crippen LogP contribution is 2.32. The third-order valence-corrected chi connectivity index (χ3v) is 4.31. The Morgan fingerprint density at radius 1 is 1.14 bits per heavy atom. The summed E-state index contributed by atoms with van der Waals surface area (Å²) >= 11 is 0. The summed E-state index contributed by atoms with van der Waals surface area (Å²) in [7, 11) is 0. The van der Waals surface area contributed by atoms with Gasteiger partial charge in [-0.1, -0.05) is 18.2 Å². The van der Waals surface area contributed by atoms with Gasteiger partial charge >= 0.3 is 0 Å². The van der Waals surface area contributed by atoms with E-state index in [-0.39, 0.29) is 0 Å². The van der Waals surface area contributed by atoms with Gasteiger partial charge in [-0.3, -0.25) is 0 Å². The summed E-state index contributed by atoms with van der Waals surface area (Å²) in [6, 6.07) is 8.49. The van der Waals surface area contributed by atoms with Crippen LogP contribution in [0.5, 0.6) is 0 Å². The van der Waals surface area contributed by atoms with Crippen molar-refractivity contribution in [2.75, 3.05) is 23.7 Å². The molecule has 5 heteroatoms. The lowest BCUT2D eigenvalue weighted by Gasteiger charge is -2.30. The normalized spacial score (nSPS) is 17.2. The van der Waals surface area contributed by atoms with Gasteiger partial charge in [0.15, 0.2) is 0 Å². The molecule has 2 aliphatic heterocycles. The number of aromatic nitrogens is 2. The minimum absolute atomic E-state index is 0.638. The molecule has 2 aromatic rings. The molecule has 108 valence electrons. The van der Waals surface area contributed by atoms with E-state index in [1.807, 2.05) is 0 Å². The Labute approximate surface area is 124 Å². The van der Waals surface area contributed by atoms with Gasteiger partial charge in [-0.05, 0) is 37.4 Å². The summed E-state index contributed by atoms with van der Waals surface area (Å²) in [5, 5.41) is 3.35. The van der Waals surface area contributed by atoms with Crippen LogP contribution in [0.15, 0.2) is 24.3 Å². The first kappa shape index (κ1) is 12.6. The highest BCUT2D eigenvalue weighted by Gasteiger charge is 2.23. The maximum Gasteiger partial charge on any atom is 0.232 e. The molecule has 1 aromatic carbocycles. The number of nitrogen functional groups attached to an aromatic ring is 1. The number of nitrogens with two attached hydrogens (primary N) is 1. The van der Waals surface area contributed by atoms with E-state index in [4.69, 9.17) is 10.7 Å². The molecule has 0 unspecified atom stereocenters. The highest BCUT2D eigenvalue weighted by atomic mass is 15.3. The summed E-state index contributed by atoms with van der Waals surface area (Å²) in [5.41, 5.74) is 10.9. The zero-order valence-corrected chi connectivity index (χ0v) is 12.0. The van der Waals surface area contributed by atoms with Crippen LogP contribution in [0.3, 0.4) is 0 Å². The van der Waals surface area contributed by atoms with Crippen LogP contribution in [0.2, 0.25) is 0 Å². The van der Waals surface area contributed by atoms with Crippen LogP contribution >= 0.6 is 0 Å². The molecule has 0 bridgehead atoms. The Balaban J connectivity index is 1.79. The first-order valence-electron chi connectivity index (χ1n) is 7.54. The van der Waals surface area contributed by atoms with Crippen LogP contribution < -0.4 is 16.0 Å². The van der Waals surface area contributed by atoms with Crippen LogP contribution in [0.1, 0.15) is 23.2 Å². The van der Waals surface area contributed by atoms with Crippen molar-refractivity contribution in [3.63, 3.8) is 0 Å². The van der Waals surface area contributed by atoms with Gasteiger partial charge in [0.1, 0.15) is 5.82 Å². The van der Waals surface area contributed by atoms with E-state index in [9.17, 15) is 0 Å².